The molecule has 4 amide bonds. The van der Waals surface area contributed by atoms with Gasteiger partial charge in [0.05, 0.1) is 12.6 Å². The molecule has 8 heteroatoms. The van der Waals surface area contributed by atoms with Gasteiger partial charge in [-0.2, -0.15) is 0 Å². The molecule has 2 heterocycles. The molecule has 2 N–H and O–H groups in total. The molecule has 1 saturated carbocycles. The second-order valence-electron chi connectivity index (χ2n) is 10.7. The van der Waals surface area contributed by atoms with E-state index in [4.69, 9.17) is 0 Å². The number of hydrogen-bond donors (Lipinski definition) is 2. The Balaban J connectivity index is 1.55. The van der Waals surface area contributed by atoms with Crippen molar-refractivity contribution in [1.29, 1.82) is 0 Å². The molecule has 1 fully saturated rings. The summed E-state index contributed by atoms with van der Waals surface area (Å²) < 4.78 is 0. The van der Waals surface area contributed by atoms with E-state index in [9.17, 15) is 29.4 Å². The number of amides is 4. The van der Waals surface area contributed by atoms with E-state index in [1.807, 2.05) is 13.8 Å². The minimum Gasteiger partial charge on any atom is -0.396 e. The Bertz CT molecular complexity index is 1190. The zero-order valence-electron chi connectivity index (χ0n) is 20.7. The number of nitrogens with zero attached hydrogens (tertiary/aromatic N) is 2. The molecule has 2 aromatic carbocycles. The van der Waals surface area contributed by atoms with Crippen LogP contribution in [0.4, 0.5) is 0 Å². The molecule has 3 aliphatic rings. The molecule has 2 aromatic rings. The minimum absolute atomic E-state index is 0.141. The van der Waals surface area contributed by atoms with Crippen molar-refractivity contribution in [2.24, 2.45) is 11.8 Å². The maximum absolute atomic E-state index is 13.6. The number of imide groups is 2. The van der Waals surface area contributed by atoms with Crippen LogP contribution in [0.5, 0.6) is 0 Å². The van der Waals surface area contributed by atoms with Crippen LogP contribution in [0.3, 0.4) is 0 Å². The molecule has 0 spiro atoms. The van der Waals surface area contributed by atoms with Crippen molar-refractivity contribution in [2.75, 3.05) is 13.2 Å². The van der Waals surface area contributed by atoms with Crippen molar-refractivity contribution in [2.45, 2.75) is 64.5 Å². The smallest absolute Gasteiger partial charge is 0.261 e. The van der Waals surface area contributed by atoms with Crippen LogP contribution < -0.4 is 0 Å². The lowest BCUT2D eigenvalue weighted by Crippen LogP contribution is -2.50. The van der Waals surface area contributed by atoms with Crippen LogP contribution in [0.2, 0.25) is 0 Å². The number of aliphatic hydroxyl groups is 2. The molecule has 5 rings (SSSR count). The Kier molecular flexibility index (Phi) is 6.43. The van der Waals surface area contributed by atoms with Gasteiger partial charge in [0, 0.05) is 45.7 Å². The highest BCUT2D eigenvalue weighted by atomic mass is 16.3. The summed E-state index contributed by atoms with van der Waals surface area (Å²) in [5.41, 5.74) is 1.20. The van der Waals surface area contributed by atoms with E-state index in [1.54, 1.807) is 24.3 Å². The highest BCUT2D eigenvalue weighted by molar-refractivity contribution is 6.33. The molecule has 0 aromatic heterocycles. The highest BCUT2D eigenvalue weighted by Gasteiger charge is 2.43. The second kappa shape index (κ2) is 9.41. The quantitative estimate of drug-likeness (QED) is 0.573. The van der Waals surface area contributed by atoms with E-state index in [0.717, 1.165) is 24.2 Å². The molecule has 190 valence electrons. The molecule has 2 aliphatic heterocycles. The number of benzene rings is 2. The highest BCUT2D eigenvalue weighted by Crippen LogP contribution is 2.40. The Labute approximate surface area is 209 Å². The standard InChI is InChI=1S/C28H32N2O6/c1-15(2)13-18(14-32)30-27(35)21-9-7-19-23-20(8-10-22(24(21)23)28(30)36)26(34)29(25(19)33)17-5-3-16(4-6-17)11-12-31/h7-10,15-18,31-32H,3-6,11-14H2,1-2H3. The van der Waals surface area contributed by atoms with Crippen LogP contribution in [-0.4, -0.2) is 68.9 Å². The van der Waals surface area contributed by atoms with Gasteiger partial charge in [0.1, 0.15) is 0 Å². The van der Waals surface area contributed by atoms with Gasteiger partial charge in [-0.15, -0.1) is 0 Å². The molecule has 0 bridgehead atoms. The fourth-order valence-corrected chi connectivity index (χ4v) is 6.26. The van der Waals surface area contributed by atoms with Crippen molar-refractivity contribution in [3.63, 3.8) is 0 Å². The number of rotatable bonds is 7. The molecular formula is C28H32N2O6. The van der Waals surface area contributed by atoms with E-state index in [2.05, 4.69) is 0 Å². The summed E-state index contributed by atoms with van der Waals surface area (Å²) in [7, 11) is 0. The van der Waals surface area contributed by atoms with Crippen LogP contribution in [-0.2, 0) is 0 Å². The van der Waals surface area contributed by atoms with Crippen molar-refractivity contribution >= 4 is 34.4 Å². The maximum atomic E-state index is 13.6. The van der Waals surface area contributed by atoms with Crippen LogP contribution >= 0.6 is 0 Å². The SMILES string of the molecule is CC(C)CC(CO)N1C(=O)c2ccc3c4c(ccc(c24)C1=O)C(=O)N(C1CCC(CCO)CC1)C3=O. The number of carbonyl (C=O) groups is 4. The van der Waals surface area contributed by atoms with E-state index in [0.29, 0.717) is 47.1 Å². The van der Waals surface area contributed by atoms with Gasteiger partial charge >= 0.3 is 0 Å². The minimum atomic E-state index is -0.653. The van der Waals surface area contributed by atoms with E-state index in [1.165, 1.54) is 4.90 Å². The van der Waals surface area contributed by atoms with Crippen molar-refractivity contribution in [3.05, 3.63) is 46.5 Å². The monoisotopic (exact) mass is 492 g/mol. The van der Waals surface area contributed by atoms with Crippen LogP contribution in [0.1, 0.15) is 93.8 Å². The fraction of sp³-hybridized carbons (Fsp3) is 0.500. The normalized spacial score (nSPS) is 22.7. The predicted octanol–water partition coefficient (Wildman–Crippen LogP) is 3.38. The van der Waals surface area contributed by atoms with Crippen molar-refractivity contribution < 1.29 is 29.4 Å². The fourth-order valence-electron chi connectivity index (χ4n) is 6.26. The van der Waals surface area contributed by atoms with Gasteiger partial charge in [-0.3, -0.25) is 29.0 Å². The van der Waals surface area contributed by atoms with E-state index < -0.39 is 29.7 Å². The summed E-state index contributed by atoms with van der Waals surface area (Å²) in [5.74, 6) is -1.24. The first kappa shape index (κ1) is 24.6. The van der Waals surface area contributed by atoms with Crippen molar-refractivity contribution in [3.8, 4) is 0 Å². The summed E-state index contributed by atoms with van der Waals surface area (Å²) in [6.45, 7) is 3.73. The lowest BCUT2D eigenvalue weighted by atomic mass is 9.81. The third kappa shape index (κ3) is 3.74. The average Bonchev–Trinajstić information content (AvgIpc) is 2.86. The summed E-state index contributed by atoms with van der Waals surface area (Å²) in [6, 6.07) is 5.45. The second-order valence-corrected chi connectivity index (χ2v) is 10.7. The summed E-state index contributed by atoms with van der Waals surface area (Å²) in [6.07, 6.45) is 4.29. The number of hydrogen-bond acceptors (Lipinski definition) is 6. The summed E-state index contributed by atoms with van der Waals surface area (Å²) >= 11 is 0. The Morgan fingerprint density at radius 1 is 0.778 bits per heavy atom. The first-order chi connectivity index (χ1) is 17.3. The van der Waals surface area contributed by atoms with Gasteiger partial charge < -0.3 is 10.2 Å². The number of carbonyl (C=O) groups excluding carboxylic acids is 4. The molecule has 36 heavy (non-hydrogen) atoms. The summed E-state index contributed by atoms with van der Waals surface area (Å²) in [5, 5.41) is 19.9. The Morgan fingerprint density at radius 3 is 1.67 bits per heavy atom. The lowest BCUT2D eigenvalue weighted by Gasteiger charge is -2.39. The molecule has 8 nitrogen and oxygen atoms in total. The number of aliphatic hydroxyl groups excluding tert-OH is 2. The summed E-state index contributed by atoms with van der Waals surface area (Å²) in [4.78, 5) is 56.7. The van der Waals surface area contributed by atoms with Crippen LogP contribution in [0.15, 0.2) is 24.3 Å². The largest absolute Gasteiger partial charge is 0.396 e. The van der Waals surface area contributed by atoms with Gasteiger partial charge in [0.15, 0.2) is 0 Å². The predicted molar refractivity (Wildman–Crippen MR) is 133 cm³/mol. The first-order valence-corrected chi connectivity index (χ1v) is 12.9. The van der Waals surface area contributed by atoms with Crippen LogP contribution in [0, 0.1) is 11.8 Å². The topological polar surface area (TPSA) is 115 Å². The van der Waals surface area contributed by atoms with E-state index >= 15 is 0 Å². The van der Waals surface area contributed by atoms with Gasteiger partial charge in [-0.1, -0.05) is 13.8 Å². The van der Waals surface area contributed by atoms with E-state index in [-0.39, 0.29) is 36.3 Å². The molecule has 1 atom stereocenters. The molecule has 0 saturated heterocycles. The first-order valence-electron chi connectivity index (χ1n) is 12.9. The van der Waals surface area contributed by atoms with Gasteiger partial charge in [0.25, 0.3) is 23.6 Å². The zero-order chi connectivity index (χ0) is 25.7. The maximum Gasteiger partial charge on any atom is 0.261 e. The molecule has 1 unspecified atom stereocenters. The molecule has 0 radical (unpaired) electrons. The Morgan fingerprint density at radius 2 is 1.25 bits per heavy atom. The third-order valence-electron chi connectivity index (χ3n) is 8.00. The molecule has 1 aliphatic carbocycles. The van der Waals surface area contributed by atoms with Gasteiger partial charge in [0.2, 0.25) is 0 Å². The average molecular weight is 493 g/mol. The zero-order valence-corrected chi connectivity index (χ0v) is 20.7. The van der Waals surface area contributed by atoms with Crippen LogP contribution in [0.25, 0.3) is 10.8 Å². The third-order valence-corrected chi connectivity index (χ3v) is 8.00. The van der Waals surface area contributed by atoms with Gasteiger partial charge in [-0.25, -0.2) is 0 Å². The van der Waals surface area contributed by atoms with Crippen molar-refractivity contribution in [1.82, 2.24) is 9.80 Å². The lowest BCUT2D eigenvalue weighted by molar-refractivity contribution is 0.0435. The van der Waals surface area contributed by atoms with Gasteiger partial charge in [-0.05, 0) is 74.6 Å². The molecular weight excluding hydrogens is 460 g/mol. The Hall–Kier alpha value is -3.10.